The zero-order valence-corrected chi connectivity index (χ0v) is 16.4. The normalized spacial score (nSPS) is 17.6. The van der Waals surface area contributed by atoms with Crippen molar-refractivity contribution >= 4 is 17.7 Å². The minimum absolute atomic E-state index is 0.0353. The summed E-state index contributed by atoms with van der Waals surface area (Å²) >= 11 is 0. The first kappa shape index (κ1) is 20.4. The van der Waals surface area contributed by atoms with Crippen LogP contribution < -0.4 is 10.6 Å². The first-order valence-corrected chi connectivity index (χ1v) is 9.74. The van der Waals surface area contributed by atoms with Gasteiger partial charge < -0.3 is 15.7 Å². The van der Waals surface area contributed by atoms with E-state index in [0.29, 0.717) is 12.2 Å². The standard InChI is InChI=1S/C23H25N3O3/c1-2-26(16-22(27)28)20-14-19(15-20)24-23(29)25-21-11-7-6-10-18(21)13-12-17-8-4-3-5-9-17/h3-11,19-20H,2,14-16H2,1H3,(H,27,28)(H2,24,25,29). The molecule has 2 aromatic rings. The van der Waals surface area contributed by atoms with Gasteiger partial charge in [-0.15, -0.1) is 0 Å². The molecule has 3 N–H and O–H groups in total. The third-order valence-electron chi connectivity index (χ3n) is 5.00. The van der Waals surface area contributed by atoms with Gasteiger partial charge in [0.25, 0.3) is 0 Å². The van der Waals surface area contributed by atoms with Crippen LogP contribution in [0.2, 0.25) is 0 Å². The fourth-order valence-electron chi connectivity index (χ4n) is 3.38. The van der Waals surface area contributed by atoms with Crippen molar-refractivity contribution in [3.63, 3.8) is 0 Å². The highest BCUT2D eigenvalue weighted by atomic mass is 16.4. The maximum absolute atomic E-state index is 12.4. The van der Waals surface area contributed by atoms with Gasteiger partial charge in [-0.1, -0.05) is 49.1 Å². The van der Waals surface area contributed by atoms with Gasteiger partial charge in [0.2, 0.25) is 0 Å². The molecule has 0 spiro atoms. The molecule has 1 aliphatic rings. The Kier molecular flexibility index (Phi) is 6.88. The minimum Gasteiger partial charge on any atom is -0.480 e. The third kappa shape index (κ3) is 5.84. The number of likely N-dealkylation sites (N-methyl/N-ethyl adjacent to an activating group) is 1. The fourth-order valence-corrected chi connectivity index (χ4v) is 3.38. The van der Waals surface area contributed by atoms with Gasteiger partial charge in [0, 0.05) is 23.2 Å². The average molecular weight is 391 g/mol. The van der Waals surface area contributed by atoms with Crippen LogP contribution in [0.1, 0.15) is 30.9 Å². The molecule has 0 unspecified atom stereocenters. The van der Waals surface area contributed by atoms with Crippen LogP contribution in [0, 0.1) is 11.8 Å². The number of para-hydroxylation sites is 1. The largest absolute Gasteiger partial charge is 0.480 e. The Hall–Kier alpha value is -3.30. The predicted molar refractivity (Wildman–Crippen MR) is 113 cm³/mol. The molecule has 2 aromatic carbocycles. The number of rotatable bonds is 6. The Bertz CT molecular complexity index is 912. The van der Waals surface area contributed by atoms with Crippen molar-refractivity contribution in [2.75, 3.05) is 18.4 Å². The quantitative estimate of drug-likeness (QED) is 0.661. The molecule has 1 fully saturated rings. The molecule has 3 rings (SSSR count). The van der Waals surface area contributed by atoms with Crippen LogP contribution in [-0.4, -0.2) is 47.2 Å². The number of hydrogen-bond donors (Lipinski definition) is 3. The van der Waals surface area contributed by atoms with Crippen LogP contribution in [0.25, 0.3) is 0 Å². The second kappa shape index (κ2) is 9.76. The van der Waals surface area contributed by atoms with Crippen molar-refractivity contribution < 1.29 is 14.7 Å². The van der Waals surface area contributed by atoms with Crippen molar-refractivity contribution in [2.24, 2.45) is 0 Å². The molecule has 150 valence electrons. The van der Waals surface area contributed by atoms with Gasteiger partial charge in [0.05, 0.1) is 12.2 Å². The van der Waals surface area contributed by atoms with Crippen LogP contribution in [0.4, 0.5) is 10.5 Å². The zero-order chi connectivity index (χ0) is 20.6. The summed E-state index contributed by atoms with van der Waals surface area (Å²) in [6, 6.07) is 17.1. The molecule has 6 nitrogen and oxygen atoms in total. The second-order valence-electron chi connectivity index (χ2n) is 7.04. The maximum Gasteiger partial charge on any atom is 0.319 e. The number of nitrogens with zero attached hydrogens (tertiary/aromatic N) is 1. The van der Waals surface area contributed by atoms with E-state index in [1.807, 2.05) is 66.4 Å². The lowest BCUT2D eigenvalue weighted by Gasteiger charge is -2.42. The number of nitrogens with one attached hydrogen (secondary N) is 2. The Morgan fingerprint density at radius 1 is 1.07 bits per heavy atom. The first-order valence-electron chi connectivity index (χ1n) is 9.74. The highest BCUT2D eigenvalue weighted by Gasteiger charge is 2.34. The van der Waals surface area contributed by atoms with Crippen molar-refractivity contribution in [2.45, 2.75) is 31.8 Å². The molecule has 6 heteroatoms. The smallest absolute Gasteiger partial charge is 0.319 e. The van der Waals surface area contributed by atoms with E-state index in [1.54, 1.807) is 0 Å². The van der Waals surface area contributed by atoms with Gasteiger partial charge in [0.15, 0.2) is 0 Å². The SMILES string of the molecule is CCN(CC(=O)O)C1CC(NC(=O)Nc2ccccc2C#Cc2ccccc2)C1. The molecular weight excluding hydrogens is 366 g/mol. The van der Waals surface area contributed by atoms with E-state index in [9.17, 15) is 9.59 Å². The van der Waals surface area contributed by atoms with Gasteiger partial charge in [-0.3, -0.25) is 9.69 Å². The molecule has 0 saturated heterocycles. The molecule has 29 heavy (non-hydrogen) atoms. The Morgan fingerprint density at radius 3 is 2.45 bits per heavy atom. The predicted octanol–water partition coefficient (Wildman–Crippen LogP) is 3.15. The van der Waals surface area contributed by atoms with E-state index >= 15 is 0 Å². The Morgan fingerprint density at radius 2 is 1.76 bits per heavy atom. The number of carbonyl (C=O) groups excluding carboxylic acids is 1. The Labute approximate surface area is 170 Å². The van der Waals surface area contributed by atoms with Gasteiger partial charge in [-0.2, -0.15) is 0 Å². The lowest BCUT2D eigenvalue weighted by Crippen LogP contribution is -2.55. The number of carboxylic acid groups (broad SMARTS) is 1. The number of aliphatic carboxylic acids is 1. The van der Waals surface area contributed by atoms with E-state index in [-0.39, 0.29) is 24.7 Å². The number of urea groups is 1. The Balaban J connectivity index is 1.55. The average Bonchev–Trinajstić information content (AvgIpc) is 2.69. The molecule has 0 heterocycles. The van der Waals surface area contributed by atoms with Crippen molar-refractivity contribution in [3.8, 4) is 11.8 Å². The number of carbonyl (C=O) groups is 2. The summed E-state index contributed by atoms with van der Waals surface area (Å²) in [5.74, 6) is 5.39. The third-order valence-corrected chi connectivity index (χ3v) is 5.00. The maximum atomic E-state index is 12.4. The molecule has 0 radical (unpaired) electrons. The number of amides is 2. The van der Waals surface area contributed by atoms with E-state index in [2.05, 4.69) is 22.5 Å². The van der Waals surface area contributed by atoms with Crippen LogP contribution in [-0.2, 0) is 4.79 Å². The first-order chi connectivity index (χ1) is 14.0. The van der Waals surface area contributed by atoms with Crippen molar-refractivity contribution in [1.29, 1.82) is 0 Å². The molecule has 1 saturated carbocycles. The molecule has 0 bridgehead atoms. The summed E-state index contributed by atoms with van der Waals surface area (Å²) in [5, 5.41) is 14.8. The minimum atomic E-state index is -0.825. The molecular formula is C23H25N3O3. The summed E-state index contributed by atoms with van der Waals surface area (Å²) < 4.78 is 0. The summed E-state index contributed by atoms with van der Waals surface area (Å²) in [7, 11) is 0. The summed E-state index contributed by atoms with van der Waals surface area (Å²) in [5.41, 5.74) is 2.32. The van der Waals surface area contributed by atoms with Crippen molar-refractivity contribution in [1.82, 2.24) is 10.2 Å². The number of benzene rings is 2. The van der Waals surface area contributed by atoms with Gasteiger partial charge >= 0.3 is 12.0 Å². The lowest BCUT2D eigenvalue weighted by molar-refractivity contribution is -0.139. The van der Waals surface area contributed by atoms with Crippen molar-refractivity contribution in [3.05, 3.63) is 65.7 Å². The van der Waals surface area contributed by atoms with E-state index < -0.39 is 5.97 Å². The highest BCUT2D eigenvalue weighted by molar-refractivity contribution is 5.91. The van der Waals surface area contributed by atoms with Crippen LogP contribution in [0.5, 0.6) is 0 Å². The molecule has 0 aromatic heterocycles. The van der Waals surface area contributed by atoms with E-state index in [0.717, 1.165) is 24.0 Å². The summed E-state index contributed by atoms with van der Waals surface area (Å²) in [4.78, 5) is 25.2. The molecule has 0 atom stereocenters. The van der Waals surface area contributed by atoms with E-state index in [4.69, 9.17) is 5.11 Å². The van der Waals surface area contributed by atoms with Crippen LogP contribution in [0.15, 0.2) is 54.6 Å². The lowest BCUT2D eigenvalue weighted by atomic mass is 9.85. The number of carboxylic acids is 1. The van der Waals surface area contributed by atoms with E-state index in [1.165, 1.54) is 0 Å². The van der Waals surface area contributed by atoms with Crippen LogP contribution >= 0.6 is 0 Å². The monoisotopic (exact) mass is 391 g/mol. The van der Waals surface area contributed by atoms with Crippen LogP contribution in [0.3, 0.4) is 0 Å². The molecule has 2 amide bonds. The molecule has 1 aliphatic carbocycles. The number of hydrogen-bond acceptors (Lipinski definition) is 3. The van der Waals surface area contributed by atoms with Gasteiger partial charge in [0.1, 0.15) is 0 Å². The summed E-state index contributed by atoms with van der Waals surface area (Å²) in [6.45, 7) is 2.67. The number of anilines is 1. The zero-order valence-electron chi connectivity index (χ0n) is 16.4. The topological polar surface area (TPSA) is 81.7 Å². The van der Waals surface area contributed by atoms with Gasteiger partial charge in [-0.25, -0.2) is 4.79 Å². The highest BCUT2D eigenvalue weighted by Crippen LogP contribution is 2.25. The molecule has 0 aliphatic heterocycles. The van der Waals surface area contributed by atoms with Gasteiger partial charge in [-0.05, 0) is 43.7 Å². The summed E-state index contributed by atoms with van der Waals surface area (Å²) in [6.07, 6.45) is 1.51. The second-order valence-corrected chi connectivity index (χ2v) is 7.04. The fraction of sp³-hybridized carbons (Fsp3) is 0.304.